The summed E-state index contributed by atoms with van der Waals surface area (Å²) in [6, 6.07) is 2.61. The highest BCUT2D eigenvalue weighted by Gasteiger charge is 2.10. The second kappa shape index (κ2) is 6.23. The summed E-state index contributed by atoms with van der Waals surface area (Å²) in [4.78, 5) is 0. The summed E-state index contributed by atoms with van der Waals surface area (Å²) in [5, 5.41) is 0. The van der Waals surface area contributed by atoms with E-state index in [0.717, 1.165) is 0 Å². The molecule has 0 saturated heterocycles. The van der Waals surface area contributed by atoms with Gasteiger partial charge in [-0.3, -0.25) is 0 Å². The lowest BCUT2D eigenvalue weighted by atomic mass is 10.1. The van der Waals surface area contributed by atoms with Crippen LogP contribution in [0.3, 0.4) is 0 Å². The minimum atomic E-state index is -0.537. The van der Waals surface area contributed by atoms with E-state index in [1.165, 1.54) is 12.1 Å². The Morgan fingerprint density at radius 3 is 2.67 bits per heavy atom. The Balaban J connectivity index is 2.80. The van der Waals surface area contributed by atoms with Crippen LogP contribution in [0.1, 0.15) is 12.0 Å². The van der Waals surface area contributed by atoms with Crippen LogP contribution in [0, 0.1) is 11.6 Å². The Morgan fingerprint density at radius 2 is 2.00 bits per heavy atom. The Morgan fingerprint density at radius 1 is 1.27 bits per heavy atom. The van der Waals surface area contributed by atoms with Crippen LogP contribution in [0.2, 0.25) is 0 Å². The molecule has 0 radical (unpaired) electrons. The van der Waals surface area contributed by atoms with Crippen molar-refractivity contribution in [2.45, 2.75) is 12.8 Å². The summed E-state index contributed by atoms with van der Waals surface area (Å²) < 4.78 is 26.9. The molecular weight excluding hydrogens is 285 g/mol. The van der Waals surface area contributed by atoms with Crippen LogP contribution in [0.25, 0.3) is 0 Å². The topological polar surface area (TPSA) is 0 Å². The SMILES string of the molecule is Fc1ccc(Br)c(F)c1C/C=C/CCCl. The molecule has 1 aromatic carbocycles. The fourth-order valence-electron chi connectivity index (χ4n) is 1.14. The van der Waals surface area contributed by atoms with Crippen LogP contribution in [0.15, 0.2) is 28.8 Å². The number of hydrogen-bond donors (Lipinski definition) is 0. The summed E-state index contributed by atoms with van der Waals surface area (Å²) >= 11 is 8.48. The molecule has 0 aromatic heterocycles. The predicted octanol–water partition coefficient (Wildman–Crippen LogP) is 4.45. The largest absolute Gasteiger partial charge is 0.207 e. The molecule has 0 spiro atoms. The molecule has 0 bridgehead atoms. The van der Waals surface area contributed by atoms with Gasteiger partial charge >= 0.3 is 0 Å². The first-order chi connectivity index (χ1) is 7.16. The van der Waals surface area contributed by atoms with Gasteiger partial charge in [0.15, 0.2) is 0 Å². The minimum Gasteiger partial charge on any atom is -0.207 e. The van der Waals surface area contributed by atoms with Crippen molar-refractivity contribution >= 4 is 27.5 Å². The maximum Gasteiger partial charge on any atom is 0.143 e. The quantitative estimate of drug-likeness (QED) is 0.437. The van der Waals surface area contributed by atoms with E-state index in [1.807, 2.05) is 6.08 Å². The van der Waals surface area contributed by atoms with Gasteiger partial charge < -0.3 is 0 Å². The van der Waals surface area contributed by atoms with Crippen molar-refractivity contribution in [2.75, 3.05) is 5.88 Å². The Hall–Kier alpha value is -0.410. The van der Waals surface area contributed by atoms with Crippen LogP contribution in [-0.2, 0) is 6.42 Å². The summed E-state index contributed by atoms with van der Waals surface area (Å²) in [6.45, 7) is 0. The van der Waals surface area contributed by atoms with Crippen molar-refractivity contribution in [3.63, 3.8) is 0 Å². The molecule has 0 fully saturated rings. The number of rotatable bonds is 4. The van der Waals surface area contributed by atoms with Gasteiger partial charge in [-0.1, -0.05) is 12.2 Å². The van der Waals surface area contributed by atoms with Crippen molar-refractivity contribution in [1.29, 1.82) is 0 Å². The first kappa shape index (κ1) is 12.7. The molecule has 82 valence electrons. The van der Waals surface area contributed by atoms with Gasteiger partial charge in [0.05, 0.1) is 4.47 Å². The fourth-order valence-corrected chi connectivity index (χ4v) is 1.64. The number of hydrogen-bond acceptors (Lipinski definition) is 0. The first-order valence-electron chi connectivity index (χ1n) is 4.50. The zero-order chi connectivity index (χ0) is 11.3. The predicted molar refractivity (Wildman–Crippen MR) is 62.2 cm³/mol. The zero-order valence-corrected chi connectivity index (χ0v) is 10.3. The summed E-state index contributed by atoms with van der Waals surface area (Å²) in [7, 11) is 0. The second-order valence-corrected chi connectivity index (χ2v) is 4.21. The number of alkyl halides is 1. The molecule has 0 heterocycles. The average molecular weight is 296 g/mol. The molecule has 0 aliphatic carbocycles. The highest BCUT2D eigenvalue weighted by atomic mass is 79.9. The molecule has 0 aliphatic rings. The van der Waals surface area contributed by atoms with E-state index in [-0.39, 0.29) is 16.5 Å². The molecule has 0 N–H and O–H groups in total. The number of allylic oxidation sites excluding steroid dienone is 2. The molecule has 0 aliphatic heterocycles. The Kier molecular flexibility index (Phi) is 5.26. The van der Waals surface area contributed by atoms with E-state index in [0.29, 0.717) is 12.3 Å². The third kappa shape index (κ3) is 3.58. The van der Waals surface area contributed by atoms with Gasteiger partial charge in [-0.05, 0) is 40.9 Å². The molecule has 15 heavy (non-hydrogen) atoms. The van der Waals surface area contributed by atoms with Crippen LogP contribution >= 0.6 is 27.5 Å². The zero-order valence-electron chi connectivity index (χ0n) is 7.94. The van der Waals surface area contributed by atoms with Crippen LogP contribution in [0.4, 0.5) is 8.78 Å². The van der Waals surface area contributed by atoms with Crippen molar-refractivity contribution in [2.24, 2.45) is 0 Å². The lowest BCUT2D eigenvalue weighted by molar-refractivity contribution is 0.558. The smallest absolute Gasteiger partial charge is 0.143 e. The monoisotopic (exact) mass is 294 g/mol. The fraction of sp³-hybridized carbons (Fsp3) is 0.273. The number of halogens is 4. The van der Waals surface area contributed by atoms with Gasteiger partial charge in [0.1, 0.15) is 11.6 Å². The summed E-state index contributed by atoms with van der Waals surface area (Å²) in [5.41, 5.74) is 0.0789. The van der Waals surface area contributed by atoms with Gasteiger partial charge in [-0.15, -0.1) is 11.6 Å². The molecule has 4 heteroatoms. The third-order valence-corrected chi connectivity index (χ3v) is 2.73. The molecule has 1 aromatic rings. The van der Waals surface area contributed by atoms with Crippen LogP contribution in [0.5, 0.6) is 0 Å². The van der Waals surface area contributed by atoms with Crippen molar-refractivity contribution in [3.05, 3.63) is 46.0 Å². The van der Waals surface area contributed by atoms with E-state index >= 15 is 0 Å². The van der Waals surface area contributed by atoms with E-state index in [9.17, 15) is 8.78 Å². The van der Waals surface area contributed by atoms with E-state index < -0.39 is 11.6 Å². The lowest BCUT2D eigenvalue weighted by Crippen LogP contribution is -1.94. The van der Waals surface area contributed by atoms with Crippen LogP contribution in [-0.4, -0.2) is 5.88 Å². The summed E-state index contributed by atoms with van der Waals surface area (Å²) in [5.74, 6) is -0.545. The standard InChI is InChI=1S/C11H10BrClF2/c12-9-5-6-10(14)8(11(9)15)4-2-1-3-7-13/h1-2,5-6H,3-4,7H2/b2-1+. The maximum atomic E-state index is 13.4. The van der Waals surface area contributed by atoms with Crippen molar-refractivity contribution in [3.8, 4) is 0 Å². The second-order valence-electron chi connectivity index (χ2n) is 2.97. The minimum absolute atomic E-state index is 0.0789. The average Bonchev–Trinajstić information content (AvgIpc) is 2.23. The molecular formula is C11H10BrClF2. The molecule has 0 saturated carbocycles. The maximum absolute atomic E-state index is 13.4. The van der Waals surface area contributed by atoms with Crippen molar-refractivity contribution in [1.82, 2.24) is 0 Å². The normalized spacial score (nSPS) is 11.2. The van der Waals surface area contributed by atoms with Gasteiger partial charge in [-0.2, -0.15) is 0 Å². The Labute approximate surface area is 101 Å². The van der Waals surface area contributed by atoms with Gasteiger partial charge in [0.2, 0.25) is 0 Å². The van der Waals surface area contributed by atoms with E-state index in [1.54, 1.807) is 6.08 Å². The van der Waals surface area contributed by atoms with E-state index in [2.05, 4.69) is 15.9 Å². The van der Waals surface area contributed by atoms with Gasteiger partial charge in [-0.25, -0.2) is 8.78 Å². The van der Waals surface area contributed by atoms with Crippen LogP contribution < -0.4 is 0 Å². The Bertz CT molecular complexity index is 364. The highest BCUT2D eigenvalue weighted by Crippen LogP contribution is 2.22. The molecule has 0 amide bonds. The third-order valence-electron chi connectivity index (χ3n) is 1.90. The molecule has 0 atom stereocenters. The highest BCUT2D eigenvalue weighted by molar-refractivity contribution is 9.10. The molecule has 0 nitrogen and oxygen atoms in total. The van der Waals surface area contributed by atoms with Crippen molar-refractivity contribution < 1.29 is 8.78 Å². The number of benzene rings is 1. The van der Waals surface area contributed by atoms with E-state index in [4.69, 9.17) is 11.6 Å². The lowest BCUT2D eigenvalue weighted by Gasteiger charge is -2.03. The van der Waals surface area contributed by atoms with Gasteiger partial charge in [0.25, 0.3) is 0 Å². The summed E-state index contributed by atoms with van der Waals surface area (Å²) in [6.07, 6.45) is 4.48. The first-order valence-corrected chi connectivity index (χ1v) is 5.83. The molecule has 0 unspecified atom stereocenters. The van der Waals surface area contributed by atoms with Gasteiger partial charge in [0, 0.05) is 11.4 Å². The molecule has 1 rings (SSSR count).